The molecule has 1 amide bonds. The van der Waals surface area contributed by atoms with E-state index in [1.165, 1.54) is 12.1 Å². The Hall–Kier alpha value is -1.17. The third-order valence-electron chi connectivity index (χ3n) is 3.98. The molecular weight excluding hydrogens is 295 g/mol. The lowest BCUT2D eigenvalue weighted by atomic mass is 10.1. The van der Waals surface area contributed by atoms with Gasteiger partial charge < -0.3 is 10.0 Å². The van der Waals surface area contributed by atoms with E-state index in [1.807, 2.05) is 6.92 Å². The van der Waals surface area contributed by atoms with Crippen LogP contribution in [0.25, 0.3) is 0 Å². The summed E-state index contributed by atoms with van der Waals surface area (Å²) in [6, 6.07) is 4.59. The molecule has 6 heteroatoms. The van der Waals surface area contributed by atoms with Gasteiger partial charge in [-0.3, -0.25) is 9.69 Å². The summed E-state index contributed by atoms with van der Waals surface area (Å²) >= 11 is 5.72. The van der Waals surface area contributed by atoms with Crippen LogP contribution in [0.1, 0.15) is 23.7 Å². The zero-order valence-corrected chi connectivity index (χ0v) is 12.8. The van der Waals surface area contributed by atoms with E-state index in [0.717, 1.165) is 6.42 Å². The topological polar surface area (TPSA) is 43.8 Å². The number of nitrogens with zero attached hydrogens (tertiary/aromatic N) is 2. The van der Waals surface area contributed by atoms with Gasteiger partial charge in [-0.1, -0.05) is 24.6 Å². The average molecular weight is 315 g/mol. The van der Waals surface area contributed by atoms with Gasteiger partial charge in [-0.25, -0.2) is 4.39 Å². The minimum atomic E-state index is -0.659. The Kier molecular flexibility index (Phi) is 5.56. The first kappa shape index (κ1) is 16.2. The molecule has 1 heterocycles. The van der Waals surface area contributed by atoms with Crippen molar-refractivity contribution < 1.29 is 14.3 Å². The lowest BCUT2D eigenvalue weighted by Gasteiger charge is -2.38. The monoisotopic (exact) mass is 314 g/mol. The van der Waals surface area contributed by atoms with Crippen molar-refractivity contribution in [1.29, 1.82) is 0 Å². The van der Waals surface area contributed by atoms with Gasteiger partial charge in [-0.15, -0.1) is 0 Å². The number of piperazine rings is 1. The summed E-state index contributed by atoms with van der Waals surface area (Å²) in [5.74, 6) is -0.986. The van der Waals surface area contributed by atoms with Gasteiger partial charge in [-0.05, 0) is 18.6 Å². The summed E-state index contributed by atoms with van der Waals surface area (Å²) in [7, 11) is 0. The van der Waals surface area contributed by atoms with Gasteiger partial charge in [0.2, 0.25) is 0 Å². The third kappa shape index (κ3) is 3.54. The van der Waals surface area contributed by atoms with Crippen molar-refractivity contribution in [3.63, 3.8) is 0 Å². The van der Waals surface area contributed by atoms with Crippen molar-refractivity contribution in [3.8, 4) is 0 Å². The number of halogens is 2. The molecule has 4 nitrogen and oxygen atoms in total. The van der Waals surface area contributed by atoms with Gasteiger partial charge in [-0.2, -0.15) is 0 Å². The Morgan fingerprint density at radius 2 is 2.05 bits per heavy atom. The maximum absolute atomic E-state index is 13.9. The Bertz CT molecular complexity index is 500. The van der Waals surface area contributed by atoms with Crippen LogP contribution in [0, 0.1) is 5.82 Å². The third-order valence-corrected chi connectivity index (χ3v) is 4.27. The number of aliphatic hydroxyl groups excluding tert-OH is 1. The second kappa shape index (κ2) is 7.20. The van der Waals surface area contributed by atoms with Crippen molar-refractivity contribution in [2.75, 3.05) is 32.8 Å². The molecule has 1 aliphatic rings. The van der Waals surface area contributed by atoms with E-state index < -0.39 is 5.82 Å². The van der Waals surface area contributed by atoms with Crippen LogP contribution in [-0.4, -0.2) is 59.6 Å². The van der Waals surface area contributed by atoms with Gasteiger partial charge in [0, 0.05) is 32.2 Å². The molecule has 1 fully saturated rings. The maximum atomic E-state index is 13.9. The van der Waals surface area contributed by atoms with Gasteiger partial charge in [0.1, 0.15) is 0 Å². The highest BCUT2D eigenvalue weighted by Gasteiger charge is 2.27. The van der Waals surface area contributed by atoms with Crippen molar-refractivity contribution in [1.82, 2.24) is 9.80 Å². The van der Waals surface area contributed by atoms with E-state index in [0.29, 0.717) is 26.2 Å². The van der Waals surface area contributed by atoms with Gasteiger partial charge >= 0.3 is 0 Å². The highest BCUT2D eigenvalue weighted by atomic mass is 35.5. The first-order valence-corrected chi connectivity index (χ1v) is 7.54. The Labute approximate surface area is 129 Å². The van der Waals surface area contributed by atoms with Crippen LogP contribution in [0.3, 0.4) is 0 Å². The van der Waals surface area contributed by atoms with E-state index >= 15 is 0 Å². The molecule has 1 atom stereocenters. The molecule has 2 rings (SSSR count). The SMILES string of the molecule is CCC(CO)N1CCN(C(=O)c2cccc(Cl)c2F)CC1. The lowest BCUT2D eigenvalue weighted by Crippen LogP contribution is -2.52. The number of carbonyl (C=O) groups excluding carboxylic acids is 1. The van der Waals surface area contributed by atoms with E-state index in [9.17, 15) is 14.3 Å². The molecule has 1 N–H and O–H groups in total. The Balaban J connectivity index is 2.02. The van der Waals surface area contributed by atoms with Crippen LogP contribution in [0.5, 0.6) is 0 Å². The van der Waals surface area contributed by atoms with Crippen LogP contribution < -0.4 is 0 Å². The van der Waals surface area contributed by atoms with Crippen molar-refractivity contribution >= 4 is 17.5 Å². The van der Waals surface area contributed by atoms with E-state index in [-0.39, 0.29) is 29.1 Å². The normalized spacial score (nSPS) is 17.8. The van der Waals surface area contributed by atoms with Crippen LogP contribution in [-0.2, 0) is 0 Å². The molecular formula is C15H20ClFN2O2. The molecule has 0 saturated carbocycles. The molecule has 1 saturated heterocycles. The number of benzene rings is 1. The Morgan fingerprint density at radius 1 is 1.38 bits per heavy atom. The van der Waals surface area contributed by atoms with E-state index in [1.54, 1.807) is 11.0 Å². The molecule has 0 aliphatic carbocycles. The number of rotatable bonds is 4. The highest BCUT2D eigenvalue weighted by Crippen LogP contribution is 2.20. The number of amides is 1. The number of aliphatic hydroxyl groups is 1. The zero-order valence-electron chi connectivity index (χ0n) is 12.1. The minimum absolute atomic E-state index is 0.0187. The first-order chi connectivity index (χ1) is 10.1. The smallest absolute Gasteiger partial charge is 0.256 e. The molecule has 0 bridgehead atoms. The molecule has 116 valence electrons. The van der Waals surface area contributed by atoms with Crippen molar-refractivity contribution in [2.45, 2.75) is 19.4 Å². The predicted octanol–water partition coefficient (Wildman–Crippen LogP) is 2.01. The summed E-state index contributed by atoms with van der Waals surface area (Å²) in [6.45, 7) is 4.58. The van der Waals surface area contributed by atoms with Gasteiger partial charge in [0.15, 0.2) is 5.82 Å². The predicted molar refractivity (Wildman–Crippen MR) is 80.1 cm³/mol. The fraction of sp³-hybridized carbons (Fsp3) is 0.533. The summed E-state index contributed by atoms with van der Waals surface area (Å²) in [6.07, 6.45) is 0.868. The molecule has 1 aliphatic heterocycles. The molecule has 1 aromatic carbocycles. The second-order valence-electron chi connectivity index (χ2n) is 5.17. The summed E-state index contributed by atoms with van der Waals surface area (Å²) in [5.41, 5.74) is 0.0187. The van der Waals surface area contributed by atoms with Crippen LogP contribution in [0.2, 0.25) is 5.02 Å². The van der Waals surface area contributed by atoms with Crippen molar-refractivity contribution in [2.24, 2.45) is 0 Å². The average Bonchev–Trinajstić information content (AvgIpc) is 2.51. The summed E-state index contributed by atoms with van der Waals surface area (Å²) in [5, 5.41) is 9.28. The van der Waals surface area contributed by atoms with E-state index in [2.05, 4.69) is 4.90 Å². The van der Waals surface area contributed by atoms with Crippen molar-refractivity contribution in [3.05, 3.63) is 34.6 Å². The molecule has 0 aromatic heterocycles. The number of hydrogen-bond donors (Lipinski definition) is 1. The van der Waals surface area contributed by atoms with E-state index in [4.69, 9.17) is 11.6 Å². The lowest BCUT2D eigenvalue weighted by molar-refractivity contribution is 0.0469. The number of hydrogen-bond acceptors (Lipinski definition) is 3. The largest absolute Gasteiger partial charge is 0.395 e. The Morgan fingerprint density at radius 3 is 2.62 bits per heavy atom. The molecule has 1 aromatic rings. The maximum Gasteiger partial charge on any atom is 0.256 e. The second-order valence-corrected chi connectivity index (χ2v) is 5.58. The number of carbonyl (C=O) groups is 1. The summed E-state index contributed by atoms with van der Waals surface area (Å²) < 4.78 is 13.9. The first-order valence-electron chi connectivity index (χ1n) is 7.16. The summed E-state index contributed by atoms with van der Waals surface area (Å²) in [4.78, 5) is 16.1. The van der Waals surface area contributed by atoms with Gasteiger partial charge in [0.05, 0.1) is 17.2 Å². The van der Waals surface area contributed by atoms with Crippen LogP contribution in [0.15, 0.2) is 18.2 Å². The molecule has 0 radical (unpaired) electrons. The van der Waals surface area contributed by atoms with Gasteiger partial charge in [0.25, 0.3) is 5.91 Å². The minimum Gasteiger partial charge on any atom is -0.395 e. The molecule has 1 unspecified atom stereocenters. The van der Waals surface area contributed by atoms with Crippen LogP contribution in [0.4, 0.5) is 4.39 Å². The zero-order chi connectivity index (χ0) is 15.4. The fourth-order valence-electron chi connectivity index (χ4n) is 2.63. The quantitative estimate of drug-likeness (QED) is 0.924. The fourth-order valence-corrected chi connectivity index (χ4v) is 2.81. The standard InChI is InChI=1S/C15H20ClFN2O2/c1-2-11(10-20)18-6-8-19(9-7-18)15(21)12-4-3-5-13(16)14(12)17/h3-5,11,20H,2,6-10H2,1H3. The molecule has 0 spiro atoms. The molecule has 21 heavy (non-hydrogen) atoms. The van der Waals surface area contributed by atoms with Crippen LogP contribution >= 0.6 is 11.6 Å². The highest BCUT2D eigenvalue weighted by molar-refractivity contribution is 6.31.